The van der Waals surface area contributed by atoms with Crippen LogP contribution < -0.4 is 5.32 Å². The van der Waals surface area contributed by atoms with Crippen molar-refractivity contribution in [1.29, 1.82) is 0 Å². The van der Waals surface area contributed by atoms with Crippen LogP contribution in [0.15, 0.2) is 0 Å². The molecule has 1 rings (SSSR count). The van der Waals surface area contributed by atoms with E-state index in [9.17, 15) is 14.4 Å². The van der Waals surface area contributed by atoms with Crippen LogP contribution >= 0.6 is 0 Å². The van der Waals surface area contributed by atoms with Gasteiger partial charge in [0.2, 0.25) is 17.7 Å². The highest BCUT2D eigenvalue weighted by Crippen LogP contribution is 2.26. The minimum absolute atomic E-state index is 0.0953. The molecule has 19 heavy (non-hydrogen) atoms. The van der Waals surface area contributed by atoms with Crippen molar-refractivity contribution in [3.63, 3.8) is 0 Å². The number of imide groups is 1. The molecule has 5 nitrogen and oxygen atoms in total. The summed E-state index contributed by atoms with van der Waals surface area (Å²) in [6.45, 7) is 6.80. The fourth-order valence-electron chi connectivity index (χ4n) is 2.17. The zero-order valence-corrected chi connectivity index (χ0v) is 12.1. The fraction of sp³-hybridized carbons (Fsp3) is 0.786. The Bertz CT molecular complexity index is 353. The number of nitrogens with one attached hydrogen (secondary N) is 1. The lowest BCUT2D eigenvalue weighted by atomic mass is 9.94. The van der Waals surface area contributed by atoms with Crippen molar-refractivity contribution in [3.05, 3.63) is 0 Å². The van der Waals surface area contributed by atoms with E-state index in [1.165, 1.54) is 4.90 Å². The molecule has 1 aliphatic heterocycles. The van der Waals surface area contributed by atoms with Crippen molar-refractivity contribution in [2.24, 2.45) is 11.8 Å². The van der Waals surface area contributed by atoms with Gasteiger partial charge in [-0.15, -0.1) is 0 Å². The number of nitrogens with zero attached hydrogens (tertiary/aromatic N) is 1. The number of unbranched alkanes of at least 4 members (excludes halogenated alkanes) is 1. The van der Waals surface area contributed by atoms with Crippen LogP contribution in [0.25, 0.3) is 0 Å². The summed E-state index contributed by atoms with van der Waals surface area (Å²) < 4.78 is 0. The highest BCUT2D eigenvalue weighted by molar-refractivity contribution is 6.03. The number of likely N-dealkylation sites (tertiary alicyclic amines) is 1. The molecule has 0 saturated carbocycles. The Morgan fingerprint density at radius 3 is 2.63 bits per heavy atom. The SMILES string of the molecule is CCCCNC(=O)CCN1C(=O)CC(C(C)C)C1=O. The van der Waals surface area contributed by atoms with Crippen molar-refractivity contribution in [2.75, 3.05) is 13.1 Å². The summed E-state index contributed by atoms with van der Waals surface area (Å²) in [5.41, 5.74) is 0. The smallest absolute Gasteiger partial charge is 0.233 e. The van der Waals surface area contributed by atoms with E-state index in [1.54, 1.807) is 0 Å². The molecular weight excluding hydrogens is 244 g/mol. The molecule has 0 spiro atoms. The Labute approximate surface area is 114 Å². The Morgan fingerprint density at radius 1 is 1.42 bits per heavy atom. The lowest BCUT2D eigenvalue weighted by Gasteiger charge is -2.16. The predicted octanol–water partition coefficient (Wildman–Crippen LogP) is 1.32. The van der Waals surface area contributed by atoms with Crippen LogP contribution in [-0.4, -0.2) is 35.7 Å². The quantitative estimate of drug-likeness (QED) is 0.559. The van der Waals surface area contributed by atoms with Gasteiger partial charge >= 0.3 is 0 Å². The van der Waals surface area contributed by atoms with E-state index < -0.39 is 0 Å². The molecule has 108 valence electrons. The van der Waals surface area contributed by atoms with Crippen LogP contribution in [0.1, 0.15) is 46.5 Å². The first-order chi connectivity index (χ1) is 8.97. The molecule has 1 aliphatic rings. The van der Waals surface area contributed by atoms with Gasteiger partial charge in [0.1, 0.15) is 0 Å². The third-order valence-electron chi connectivity index (χ3n) is 3.50. The highest BCUT2D eigenvalue weighted by Gasteiger charge is 2.39. The second-order valence-electron chi connectivity index (χ2n) is 5.39. The lowest BCUT2D eigenvalue weighted by molar-refractivity contribution is -0.140. The van der Waals surface area contributed by atoms with Crippen LogP contribution in [0.3, 0.4) is 0 Å². The molecule has 0 aromatic rings. The molecule has 0 aromatic carbocycles. The van der Waals surface area contributed by atoms with Gasteiger partial charge in [0.05, 0.1) is 0 Å². The van der Waals surface area contributed by atoms with E-state index in [0.29, 0.717) is 6.54 Å². The molecule has 0 radical (unpaired) electrons. The van der Waals surface area contributed by atoms with Crippen molar-refractivity contribution >= 4 is 17.7 Å². The van der Waals surface area contributed by atoms with Crippen molar-refractivity contribution in [3.8, 4) is 0 Å². The summed E-state index contributed by atoms with van der Waals surface area (Å²) in [6, 6.07) is 0. The number of hydrogen-bond donors (Lipinski definition) is 1. The Kier molecular flexibility index (Phi) is 5.99. The van der Waals surface area contributed by atoms with Crippen molar-refractivity contribution in [2.45, 2.75) is 46.5 Å². The zero-order chi connectivity index (χ0) is 14.4. The van der Waals surface area contributed by atoms with E-state index in [2.05, 4.69) is 12.2 Å². The van der Waals surface area contributed by atoms with E-state index in [0.717, 1.165) is 12.8 Å². The fourth-order valence-corrected chi connectivity index (χ4v) is 2.17. The molecule has 0 aliphatic carbocycles. The molecule has 1 heterocycles. The molecule has 0 bridgehead atoms. The second-order valence-corrected chi connectivity index (χ2v) is 5.39. The number of amides is 3. The zero-order valence-electron chi connectivity index (χ0n) is 12.1. The maximum absolute atomic E-state index is 12.0. The average molecular weight is 268 g/mol. The summed E-state index contributed by atoms with van der Waals surface area (Å²) in [5, 5.41) is 2.78. The maximum Gasteiger partial charge on any atom is 0.233 e. The first-order valence-electron chi connectivity index (χ1n) is 7.08. The molecule has 3 amide bonds. The van der Waals surface area contributed by atoms with Gasteiger partial charge in [-0.3, -0.25) is 19.3 Å². The molecule has 1 fully saturated rings. The van der Waals surface area contributed by atoms with Gasteiger partial charge < -0.3 is 5.32 Å². The van der Waals surface area contributed by atoms with E-state index in [4.69, 9.17) is 0 Å². The molecule has 1 N–H and O–H groups in total. The second kappa shape index (κ2) is 7.26. The number of hydrogen-bond acceptors (Lipinski definition) is 3. The first kappa shape index (κ1) is 15.7. The summed E-state index contributed by atoms with van der Waals surface area (Å²) >= 11 is 0. The monoisotopic (exact) mass is 268 g/mol. The third-order valence-corrected chi connectivity index (χ3v) is 3.50. The summed E-state index contributed by atoms with van der Waals surface area (Å²) in [4.78, 5) is 36.5. The summed E-state index contributed by atoms with van der Waals surface area (Å²) in [7, 11) is 0. The van der Waals surface area contributed by atoms with Crippen molar-refractivity contribution in [1.82, 2.24) is 10.2 Å². The standard InChI is InChI=1S/C14H24N2O3/c1-4-5-7-15-12(17)6-8-16-13(18)9-11(10(2)3)14(16)19/h10-11H,4-9H2,1-3H3,(H,15,17). The molecule has 0 aromatic heterocycles. The number of rotatable bonds is 7. The molecule has 5 heteroatoms. The van der Waals surface area contributed by atoms with E-state index in [-0.39, 0.29) is 48.9 Å². The van der Waals surface area contributed by atoms with Gasteiger partial charge in [-0.25, -0.2) is 0 Å². The number of carbonyl (C=O) groups excluding carboxylic acids is 3. The van der Waals surface area contributed by atoms with Crippen LogP contribution in [0, 0.1) is 11.8 Å². The molecule has 1 saturated heterocycles. The Morgan fingerprint density at radius 2 is 2.11 bits per heavy atom. The molecular formula is C14H24N2O3. The van der Waals surface area contributed by atoms with Crippen LogP contribution in [0.5, 0.6) is 0 Å². The maximum atomic E-state index is 12.0. The van der Waals surface area contributed by atoms with Crippen LogP contribution in [0.2, 0.25) is 0 Å². The minimum Gasteiger partial charge on any atom is -0.356 e. The minimum atomic E-state index is -0.212. The first-order valence-corrected chi connectivity index (χ1v) is 7.08. The van der Waals surface area contributed by atoms with Gasteiger partial charge in [-0.1, -0.05) is 27.2 Å². The van der Waals surface area contributed by atoms with E-state index in [1.807, 2.05) is 13.8 Å². The Balaban J connectivity index is 2.39. The largest absolute Gasteiger partial charge is 0.356 e. The van der Waals surface area contributed by atoms with Gasteiger partial charge in [-0.05, 0) is 12.3 Å². The van der Waals surface area contributed by atoms with Gasteiger partial charge in [0.25, 0.3) is 0 Å². The predicted molar refractivity (Wildman–Crippen MR) is 72.2 cm³/mol. The molecule has 1 unspecified atom stereocenters. The summed E-state index contributed by atoms with van der Waals surface area (Å²) in [5.74, 6) is -0.413. The third kappa shape index (κ3) is 4.33. The lowest BCUT2D eigenvalue weighted by Crippen LogP contribution is -2.35. The average Bonchev–Trinajstić information content (AvgIpc) is 2.63. The van der Waals surface area contributed by atoms with Crippen molar-refractivity contribution < 1.29 is 14.4 Å². The number of carbonyl (C=O) groups is 3. The van der Waals surface area contributed by atoms with Crippen LogP contribution in [-0.2, 0) is 14.4 Å². The van der Waals surface area contributed by atoms with E-state index >= 15 is 0 Å². The highest BCUT2D eigenvalue weighted by atomic mass is 16.2. The normalized spacial score (nSPS) is 19.4. The topological polar surface area (TPSA) is 66.5 Å². The Hall–Kier alpha value is -1.39. The van der Waals surface area contributed by atoms with Crippen LogP contribution in [0.4, 0.5) is 0 Å². The van der Waals surface area contributed by atoms with Gasteiger partial charge in [-0.2, -0.15) is 0 Å². The van der Waals surface area contributed by atoms with Gasteiger partial charge in [0.15, 0.2) is 0 Å². The molecule has 1 atom stereocenters. The summed E-state index contributed by atoms with van der Waals surface area (Å²) in [6.07, 6.45) is 2.46. The van der Waals surface area contributed by atoms with Gasteiger partial charge in [0, 0.05) is 31.8 Å².